The van der Waals surface area contributed by atoms with E-state index in [1.807, 2.05) is 62.3 Å². The van der Waals surface area contributed by atoms with Crippen LogP contribution in [0.25, 0.3) is 4.95 Å². The molecule has 0 saturated carbocycles. The number of amides is 2. The van der Waals surface area contributed by atoms with Gasteiger partial charge in [-0.05, 0) is 86.6 Å². The molecule has 0 aliphatic heterocycles. The van der Waals surface area contributed by atoms with Crippen LogP contribution in [0, 0.1) is 6.57 Å². The SMILES string of the molecule is [C-]#[N+]N(CCC[Si](OCC)(OCC)OCC)C(=O)N(CCC[Si](OCC)(OCC)OCC)CCC[Si](OCC)(OCC)OCC. The lowest BCUT2D eigenvalue weighted by atomic mass is 10.3. The average Bonchev–Trinajstić information content (AvgIpc) is 2.99. The second-order valence-corrected chi connectivity index (χ2v) is 17.9. The molecule has 0 aromatic carbocycles. The molecule has 2 amide bonds. The van der Waals surface area contributed by atoms with Crippen LogP contribution in [0.1, 0.15) is 81.6 Å². The van der Waals surface area contributed by atoms with Gasteiger partial charge in [-0.3, -0.25) is 0 Å². The Morgan fingerprint density at radius 1 is 0.489 bits per heavy atom. The van der Waals surface area contributed by atoms with E-state index in [1.165, 1.54) is 5.01 Å². The molecular weight excluding hydrogens is 635 g/mol. The maximum absolute atomic E-state index is 13.9. The summed E-state index contributed by atoms with van der Waals surface area (Å²) in [6, 6.07) is 1.28. The van der Waals surface area contributed by atoms with Crippen LogP contribution in [-0.4, -0.2) is 121 Å². The van der Waals surface area contributed by atoms with Gasteiger partial charge in [0, 0.05) is 90.7 Å². The molecule has 0 aromatic heterocycles. The lowest BCUT2D eigenvalue weighted by molar-refractivity contribution is 0.0692. The fourth-order valence-corrected chi connectivity index (χ4v) is 12.9. The Hall–Kier alpha value is -0.949. The van der Waals surface area contributed by atoms with E-state index in [4.69, 9.17) is 46.4 Å². The van der Waals surface area contributed by atoms with Crippen molar-refractivity contribution in [2.45, 2.75) is 99.7 Å². The monoisotopic (exact) mass is 697 g/mol. The van der Waals surface area contributed by atoms with Crippen LogP contribution >= 0.6 is 0 Å². The van der Waals surface area contributed by atoms with Crippen LogP contribution in [0.4, 0.5) is 4.79 Å². The topological polar surface area (TPSA) is 111 Å². The summed E-state index contributed by atoms with van der Waals surface area (Å²) >= 11 is 0. The van der Waals surface area contributed by atoms with Crippen LogP contribution in [-0.2, 0) is 39.8 Å². The first-order valence-electron chi connectivity index (χ1n) is 16.9. The minimum Gasteiger partial charge on any atom is -0.374 e. The molecule has 0 radical (unpaired) electrons. The Morgan fingerprint density at radius 3 is 0.956 bits per heavy atom. The number of hydrogen-bond acceptors (Lipinski definition) is 10. The summed E-state index contributed by atoms with van der Waals surface area (Å²) < 4.78 is 54.1. The maximum atomic E-state index is 13.9. The van der Waals surface area contributed by atoms with Crippen molar-refractivity contribution in [1.29, 1.82) is 0 Å². The van der Waals surface area contributed by atoms with Gasteiger partial charge in [0.1, 0.15) is 0 Å². The van der Waals surface area contributed by atoms with Crippen molar-refractivity contribution in [2.75, 3.05) is 79.1 Å². The van der Waals surface area contributed by atoms with E-state index in [0.717, 1.165) is 0 Å². The van der Waals surface area contributed by atoms with Gasteiger partial charge in [0.2, 0.25) is 0 Å². The minimum absolute atomic E-state index is 0.228. The molecule has 0 aromatic rings. The van der Waals surface area contributed by atoms with Gasteiger partial charge in [0.15, 0.2) is 0 Å². The van der Waals surface area contributed by atoms with Gasteiger partial charge in [-0.15, -0.1) is 0 Å². The lowest BCUT2D eigenvalue weighted by Crippen LogP contribution is -2.48. The first-order chi connectivity index (χ1) is 21.7. The van der Waals surface area contributed by atoms with E-state index < -0.39 is 26.4 Å². The predicted octanol–water partition coefficient (Wildman–Crippen LogP) is 5.86. The number of nitrogens with zero attached hydrogens (tertiary/aromatic N) is 3. The third-order valence-corrected chi connectivity index (χ3v) is 16.0. The van der Waals surface area contributed by atoms with Gasteiger partial charge < -0.3 is 44.7 Å². The number of carbonyl (C=O) groups is 1. The smallest absolute Gasteiger partial charge is 0.374 e. The molecular formula is C29H63N3O10Si3. The van der Waals surface area contributed by atoms with Crippen molar-refractivity contribution in [1.82, 2.24) is 9.91 Å². The molecule has 0 atom stereocenters. The Balaban J connectivity index is 5.90. The van der Waals surface area contributed by atoms with Gasteiger partial charge in [-0.2, -0.15) is 11.5 Å². The van der Waals surface area contributed by atoms with Crippen molar-refractivity contribution in [3.05, 3.63) is 11.5 Å². The third kappa shape index (κ3) is 16.6. The second kappa shape index (κ2) is 26.1. The van der Waals surface area contributed by atoms with Crippen LogP contribution in [0.2, 0.25) is 18.1 Å². The first-order valence-corrected chi connectivity index (χ1v) is 22.7. The predicted molar refractivity (Wildman–Crippen MR) is 180 cm³/mol. The fraction of sp³-hybridized carbons (Fsp3) is 0.931. The van der Waals surface area contributed by atoms with Crippen LogP contribution in [0.3, 0.4) is 0 Å². The normalized spacial score (nSPS) is 12.4. The molecule has 0 aliphatic carbocycles. The highest BCUT2D eigenvalue weighted by Gasteiger charge is 2.43. The van der Waals surface area contributed by atoms with Crippen molar-refractivity contribution in [3.8, 4) is 0 Å². The van der Waals surface area contributed by atoms with Gasteiger partial charge >= 0.3 is 32.4 Å². The molecule has 0 heterocycles. The van der Waals surface area contributed by atoms with Gasteiger partial charge in [-0.1, -0.05) is 0 Å². The van der Waals surface area contributed by atoms with Gasteiger partial charge in [-0.25, -0.2) is 4.79 Å². The van der Waals surface area contributed by atoms with E-state index in [9.17, 15) is 4.79 Å². The standard InChI is InChI=1S/C29H63N3O10Si3/c1-11-34-43(35-12-2,36-13-3)26-20-23-31(24-21-27-44(37-14-4,38-15-5)39-16-6)29(33)32(30-10)25-22-28-45(40-17-7,41-18-8)42-19-9/h11-28H2,1-9H3. The van der Waals surface area contributed by atoms with Crippen LogP contribution in [0.5, 0.6) is 0 Å². The summed E-state index contributed by atoms with van der Waals surface area (Å²) in [6.45, 7) is 30.5. The van der Waals surface area contributed by atoms with Gasteiger partial charge in [0.25, 0.3) is 0 Å². The zero-order valence-electron chi connectivity index (χ0n) is 29.7. The molecule has 0 fully saturated rings. The summed E-state index contributed by atoms with van der Waals surface area (Å²) in [5, 5.41) is 1.19. The summed E-state index contributed by atoms with van der Waals surface area (Å²) in [5.41, 5.74) is 0. The molecule has 0 aliphatic rings. The zero-order chi connectivity index (χ0) is 34.0. The van der Waals surface area contributed by atoms with Crippen LogP contribution < -0.4 is 0 Å². The largest absolute Gasteiger partial charge is 0.500 e. The molecule has 0 N–H and O–H groups in total. The highest BCUT2D eigenvalue weighted by molar-refractivity contribution is 6.61. The molecule has 45 heavy (non-hydrogen) atoms. The summed E-state index contributed by atoms with van der Waals surface area (Å²) in [5.74, 6) is 0. The Bertz CT molecular complexity index is 714. The Labute approximate surface area is 276 Å². The average molecular weight is 698 g/mol. The van der Waals surface area contributed by atoms with Crippen molar-refractivity contribution < 1.29 is 44.6 Å². The molecule has 0 bridgehead atoms. The highest BCUT2D eigenvalue weighted by atomic mass is 28.4. The molecule has 266 valence electrons. The summed E-state index contributed by atoms with van der Waals surface area (Å²) in [6.07, 6.45) is 1.71. The number of carbonyl (C=O) groups excluding carboxylic acids is 1. The Kier molecular flexibility index (Phi) is 25.5. The molecule has 0 rings (SSSR count). The van der Waals surface area contributed by atoms with Crippen molar-refractivity contribution >= 4 is 32.4 Å². The zero-order valence-corrected chi connectivity index (χ0v) is 32.7. The quantitative estimate of drug-likeness (QED) is 0.0514. The third-order valence-electron chi connectivity index (χ3n) is 6.57. The van der Waals surface area contributed by atoms with E-state index in [-0.39, 0.29) is 12.6 Å². The van der Waals surface area contributed by atoms with Gasteiger partial charge in [0.05, 0.1) is 6.54 Å². The first kappa shape index (κ1) is 44.1. The van der Waals surface area contributed by atoms with Crippen molar-refractivity contribution in [3.63, 3.8) is 0 Å². The van der Waals surface area contributed by atoms with Crippen LogP contribution in [0.15, 0.2) is 0 Å². The molecule has 0 unspecified atom stereocenters. The number of urea groups is 1. The van der Waals surface area contributed by atoms with E-state index in [1.54, 1.807) is 4.90 Å². The number of rotatable bonds is 30. The summed E-state index contributed by atoms with van der Waals surface area (Å²) in [4.78, 5) is 19.2. The van der Waals surface area contributed by atoms with E-state index in [2.05, 4.69) is 4.95 Å². The van der Waals surface area contributed by atoms with E-state index in [0.29, 0.717) is 110 Å². The molecule has 16 heteroatoms. The molecule has 0 saturated heterocycles. The second-order valence-electron chi connectivity index (χ2n) is 9.75. The van der Waals surface area contributed by atoms with Crippen molar-refractivity contribution in [2.24, 2.45) is 0 Å². The molecule has 0 spiro atoms. The maximum Gasteiger partial charge on any atom is 0.500 e. The summed E-state index contributed by atoms with van der Waals surface area (Å²) in [7, 11) is -8.69. The number of hydrogen-bond donors (Lipinski definition) is 0. The minimum atomic E-state index is -2.90. The fourth-order valence-electron chi connectivity index (χ4n) is 5.08. The van der Waals surface area contributed by atoms with E-state index >= 15 is 0 Å². The highest BCUT2D eigenvalue weighted by Crippen LogP contribution is 2.23. The molecule has 13 nitrogen and oxygen atoms in total. The lowest BCUT2D eigenvalue weighted by Gasteiger charge is -2.31. The Morgan fingerprint density at radius 2 is 0.733 bits per heavy atom.